The maximum atomic E-state index is 11.9. The third-order valence-corrected chi connectivity index (χ3v) is 4.01. The summed E-state index contributed by atoms with van der Waals surface area (Å²) in [7, 11) is 0. The van der Waals surface area contributed by atoms with Gasteiger partial charge in [0.25, 0.3) is 0 Å². The zero-order valence-corrected chi connectivity index (χ0v) is 11.7. The third-order valence-electron chi connectivity index (χ3n) is 4.01. The van der Waals surface area contributed by atoms with E-state index in [9.17, 15) is 4.79 Å². The van der Waals surface area contributed by atoms with Crippen LogP contribution in [-0.4, -0.2) is 49.2 Å². The Kier molecular flexibility index (Phi) is 5.01. The topological polar surface area (TPSA) is 41.6 Å². The molecule has 4 heteroatoms. The smallest absolute Gasteiger partial charge is 0.323 e. The van der Waals surface area contributed by atoms with Crippen LogP contribution >= 0.6 is 0 Å². The third kappa shape index (κ3) is 3.69. The van der Waals surface area contributed by atoms with Crippen LogP contribution in [0.1, 0.15) is 39.5 Å². The quantitative estimate of drug-likeness (QED) is 0.728. The van der Waals surface area contributed by atoms with E-state index in [1.54, 1.807) is 0 Å². The van der Waals surface area contributed by atoms with Crippen molar-refractivity contribution in [3.63, 3.8) is 0 Å². The second-order valence-electron chi connectivity index (χ2n) is 5.57. The van der Waals surface area contributed by atoms with Crippen molar-refractivity contribution in [2.75, 3.05) is 26.2 Å². The number of hydrogen-bond acceptors (Lipinski definition) is 4. The lowest BCUT2D eigenvalue weighted by atomic mass is 9.98. The van der Waals surface area contributed by atoms with Gasteiger partial charge in [0.1, 0.15) is 6.04 Å². The molecule has 104 valence electrons. The molecule has 18 heavy (non-hydrogen) atoms. The zero-order valence-electron chi connectivity index (χ0n) is 11.7. The Balaban J connectivity index is 1.88. The Morgan fingerprint density at radius 1 is 1.44 bits per heavy atom. The number of nitrogens with one attached hydrogen (secondary N) is 1. The second kappa shape index (κ2) is 6.53. The van der Waals surface area contributed by atoms with E-state index in [0.29, 0.717) is 18.6 Å². The fraction of sp³-hybridized carbons (Fsp3) is 0.929. The average molecular weight is 254 g/mol. The SMILES string of the molecule is CCOC(=O)C(C)N(CC1CCCNC1)C1CC1. The summed E-state index contributed by atoms with van der Waals surface area (Å²) in [5.41, 5.74) is 0. The molecule has 2 aliphatic rings. The molecule has 0 radical (unpaired) electrons. The first-order chi connectivity index (χ1) is 8.72. The molecule has 4 nitrogen and oxygen atoms in total. The Labute approximate surface area is 110 Å². The summed E-state index contributed by atoms with van der Waals surface area (Å²) in [5, 5.41) is 3.45. The maximum Gasteiger partial charge on any atom is 0.323 e. The van der Waals surface area contributed by atoms with E-state index in [2.05, 4.69) is 10.2 Å². The van der Waals surface area contributed by atoms with Crippen LogP contribution in [0.3, 0.4) is 0 Å². The Morgan fingerprint density at radius 3 is 2.78 bits per heavy atom. The van der Waals surface area contributed by atoms with Crippen LogP contribution in [0.2, 0.25) is 0 Å². The van der Waals surface area contributed by atoms with Gasteiger partial charge in [0.05, 0.1) is 6.61 Å². The van der Waals surface area contributed by atoms with Gasteiger partial charge in [-0.1, -0.05) is 0 Å². The van der Waals surface area contributed by atoms with Crippen molar-refractivity contribution in [1.82, 2.24) is 10.2 Å². The summed E-state index contributed by atoms with van der Waals surface area (Å²) in [5.74, 6) is 0.629. The first-order valence-corrected chi connectivity index (χ1v) is 7.35. The van der Waals surface area contributed by atoms with Crippen molar-refractivity contribution >= 4 is 5.97 Å². The molecular formula is C14H26N2O2. The predicted octanol–water partition coefficient (Wildman–Crippen LogP) is 1.40. The van der Waals surface area contributed by atoms with Gasteiger partial charge in [-0.3, -0.25) is 9.69 Å². The van der Waals surface area contributed by atoms with Gasteiger partial charge in [0.2, 0.25) is 0 Å². The van der Waals surface area contributed by atoms with E-state index in [-0.39, 0.29) is 12.0 Å². The molecule has 0 aromatic carbocycles. The Bertz CT molecular complexity index is 273. The highest BCUT2D eigenvalue weighted by molar-refractivity contribution is 5.75. The zero-order chi connectivity index (χ0) is 13.0. The fourth-order valence-corrected chi connectivity index (χ4v) is 2.81. The summed E-state index contributed by atoms with van der Waals surface area (Å²) >= 11 is 0. The minimum absolute atomic E-state index is 0.0619. The van der Waals surface area contributed by atoms with E-state index in [0.717, 1.165) is 19.6 Å². The summed E-state index contributed by atoms with van der Waals surface area (Å²) in [4.78, 5) is 14.2. The number of hydrogen-bond donors (Lipinski definition) is 1. The number of carbonyl (C=O) groups is 1. The van der Waals surface area contributed by atoms with E-state index in [4.69, 9.17) is 4.74 Å². The number of piperidine rings is 1. The van der Waals surface area contributed by atoms with Crippen LogP contribution in [0.25, 0.3) is 0 Å². The number of rotatable bonds is 6. The molecule has 1 aliphatic heterocycles. The molecule has 0 spiro atoms. The first kappa shape index (κ1) is 13.8. The normalized spacial score (nSPS) is 26.1. The summed E-state index contributed by atoms with van der Waals surface area (Å²) in [6, 6.07) is 0.533. The number of esters is 1. The van der Waals surface area contributed by atoms with Gasteiger partial charge in [0, 0.05) is 12.6 Å². The standard InChI is InChI=1S/C14H26N2O2/c1-3-18-14(17)11(2)16(13-6-7-13)10-12-5-4-8-15-9-12/h11-13,15H,3-10H2,1-2H3. The van der Waals surface area contributed by atoms with E-state index < -0.39 is 0 Å². The molecule has 1 aliphatic carbocycles. The van der Waals surface area contributed by atoms with Crippen molar-refractivity contribution in [3.05, 3.63) is 0 Å². The lowest BCUT2D eigenvalue weighted by Gasteiger charge is -2.33. The monoisotopic (exact) mass is 254 g/mol. The first-order valence-electron chi connectivity index (χ1n) is 7.35. The van der Waals surface area contributed by atoms with Gasteiger partial charge >= 0.3 is 5.97 Å². The van der Waals surface area contributed by atoms with E-state index in [1.165, 1.54) is 25.7 Å². The van der Waals surface area contributed by atoms with Crippen molar-refractivity contribution in [2.45, 2.75) is 51.6 Å². The summed E-state index contributed by atoms with van der Waals surface area (Å²) in [6.45, 7) is 7.63. The molecule has 1 N–H and O–H groups in total. The van der Waals surface area contributed by atoms with Gasteiger partial charge in [-0.05, 0) is 58.5 Å². The van der Waals surface area contributed by atoms with Gasteiger partial charge in [0.15, 0.2) is 0 Å². The van der Waals surface area contributed by atoms with Crippen LogP contribution < -0.4 is 5.32 Å². The summed E-state index contributed by atoms with van der Waals surface area (Å²) in [6.07, 6.45) is 5.02. The predicted molar refractivity (Wildman–Crippen MR) is 71.4 cm³/mol. The minimum atomic E-state index is -0.0839. The van der Waals surface area contributed by atoms with Crippen molar-refractivity contribution < 1.29 is 9.53 Å². The molecule has 0 amide bonds. The molecule has 2 rings (SSSR count). The molecule has 2 fully saturated rings. The number of ether oxygens (including phenoxy) is 1. The Hall–Kier alpha value is -0.610. The lowest BCUT2D eigenvalue weighted by molar-refractivity contribution is -0.149. The fourth-order valence-electron chi connectivity index (χ4n) is 2.81. The molecule has 1 saturated carbocycles. The van der Waals surface area contributed by atoms with Crippen LogP contribution in [0.15, 0.2) is 0 Å². The second-order valence-corrected chi connectivity index (χ2v) is 5.57. The molecule has 0 bridgehead atoms. The van der Waals surface area contributed by atoms with E-state index in [1.807, 2.05) is 13.8 Å². The number of nitrogens with zero attached hydrogens (tertiary/aromatic N) is 1. The molecule has 1 heterocycles. The van der Waals surface area contributed by atoms with Gasteiger partial charge < -0.3 is 10.1 Å². The largest absolute Gasteiger partial charge is 0.465 e. The Morgan fingerprint density at radius 2 is 2.22 bits per heavy atom. The van der Waals surface area contributed by atoms with Crippen molar-refractivity contribution in [2.24, 2.45) is 5.92 Å². The molecule has 0 aromatic rings. The van der Waals surface area contributed by atoms with Crippen LogP contribution in [-0.2, 0) is 9.53 Å². The van der Waals surface area contributed by atoms with Crippen LogP contribution in [0.4, 0.5) is 0 Å². The highest BCUT2D eigenvalue weighted by atomic mass is 16.5. The molecule has 2 unspecified atom stereocenters. The molecule has 1 saturated heterocycles. The van der Waals surface area contributed by atoms with Crippen LogP contribution in [0, 0.1) is 5.92 Å². The minimum Gasteiger partial charge on any atom is -0.465 e. The van der Waals surface area contributed by atoms with Crippen LogP contribution in [0.5, 0.6) is 0 Å². The van der Waals surface area contributed by atoms with Gasteiger partial charge in [-0.15, -0.1) is 0 Å². The lowest BCUT2D eigenvalue weighted by Crippen LogP contribution is -2.46. The van der Waals surface area contributed by atoms with E-state index >= 15 is 0 Å². The van der Waals surface area contributed by atoms with Crippen molar-refractivity contribution in [3.8, 4) is 0 Å². The van der Waals surface area contributed by atoms with Gasteiger partial charge in [-0.2, -0.15) is 0 Å². The molecule has 2 atom stereocenters. The summed E-state index contributed by atoms with van der Waals surface area (Å²) < 4.78 is 5.16. The van der Waals surface area contributed by atoms with Crippen molar-refractivity contribution in [1.29, 1.82) is 0 Å². The van der Waals surface area contributed by atoms with Gasteiger partial charge in [-0.25, -0.2) is 0 Å². The molecular weight excluding hydrogens is 228 g/mol. The average Bonchev–Trinajstić information content (AvgIpc) is 3.21. The number of carbonyl (C=O) groups excluding carboxylic acids is 1. The highest BCUT2D eigenvalue weighted by Crippen LogP contribution is 2.30. The molecule has 0 aromatic heterocycles. The highest BCUT2D eigenvalue weighted by Gasteiger charge is 2.36. The maximum absolute atomic E-state index is 11.9.